The lowest BCUT2D eigenvalue weighted by molar-refractivity contribution is 0.102. The van der Waals surface area contributed by atoms with Crippen LogP contribution in [0.15, 0.2) is 70.2 Å². The molecule has 28 heavy (non-hydrogen) atoms. The Hall–Kier alpha value is -3.94. The van der Waals surface area contributed by atoms with Crippen LogP contribution in [0.25, 0.3) is 11.0 Å². The van der Waals surface area contributed by atoms with Crippen molar-refractivity contribution in [3.05, 3.63) is 76.8 Å². The zero-order valence-electron chi connectivity index (χ0n) is 15.3. The first-order valence-corrected chi connectivity index (χ1v) is 8.56. The highest BCUT2D eigenvalue weighted by Crippen LogP contribution is 2.22. The molecule has 0 aliphatic carbocycles. The third-order valence-electron chi connectivity index (χ3n) is 4.48. The van der Waals surface area contributed by atoms with Crippen molar-refractivity contribution in [3.63, 3.8) is 0 Å². The van der Waals surface area contributed by atoms with E-state index in [9.17, 15) is 9.59 Å². The molecule has 0 radical (unpaired) electrons. The number of para-hydroxylation sites is 2. The second kappa shape index (κ2) is 6.99. The number of anilines is 3. The van der Waals surface area contributed by atoms with Crippen LogP contribution >= 0.6 is 0 Å². The molecule has 4 rings (SSSR count). The summed E-state index contributed by atoms with van der Waals surface area (Å²) in [4.78, 5) is 31.2. The van der Waals surface area contributed by atoms with E-state index in [2.05, 4.69) is 15.5 Å². The van der Waals surface area contributed by atoms with Crippen molar-refractivity contribution in [2.75, 3.05) is 17.3 Å². The molecule has 140 valence electrons. The Balaban J connectivity index is 1.63. The highest BCUT2D eigenvalue weighted by Gasteiger charge is 2.15. The van der Waals surface area contributed by atoms with Crippen LogP contribution in [0, 0.1) is 0 Å². The Kier molecular flexibility index (Phi) is 4.36. The molecular formula is C20H17N5O3. The standard InChI is InChI=1S/C20H17N5O3/c1-24(18-20(27)25(2)16-6-4-3-5-15(16)21-18)14-9-7-13(8-10-14)19(26)22-17-11-12-28-23-17/h3-12H,1-2H3,(H,22,23,26). The lowest BCUT2D eigenvalue weighted by Gasteiger charge is -2.19. The largest absolute Gasteiger partial charge is 0.363 e. The summed E-state index contributed by atoms with van der Waals surface area (Å²) in [5.74, 6) is 0.346. The van der Waals surface area contributed by atoms with E-state index in [1.165, 1.54) is 6.26 Å². The zero-order chi connectivity index (χ0) is 19.7. The molecule has 0 aliphatic heterocycles. The molecule has 4 aromatic rings. The summed E-state index contributed by atoms with van der Waals surface area (Å²) in [6.45, 7) is 0. The number of carbonyl (C=O) groups is 1. The van der Waals surface area contributed by atoms with Crippen LogP contribution in [-0.4, -0.2) is 27.7 Å². The van der Waals surface area contributed by atoms with Gasteiger partial charge >= 0.3 is 0 Å². The van der Waals surface area contributed by atoms with Crippen LogP contribution < -0.4 is 15.8 Å². The van der Waals surface area contributed by atoms with Gasteiger partial charge in [-0.25, -0.2) is 4.98 Å². The number of amides is 1. The molecular weight excluding hydrogens is 358 g/mol. The molecule has 0 saturated carbocycles. The number of nitrogens with one attached hydrogen (secondary N) is 1. The maximum atomic E-state index is 12.7. The molecule has 1 N–H and O–H groups in total. The summed E-state index contributed by atoms with van der Waals surface area (Å²) in [5.41, 5.74) is 2.49. The quantitative estimate of drug-likeness (QED) is 0.589. The molecule has 0 saturated heterocycles. The number of aromatic nitrogens is 3. The van der Waals surface area contributed by atoms with Crippen molar-refractivity contribution in [2.24, 2.45) is 7.05 Å². The second-order valence-corrected chi connectivity index (χ2v) is 6.23. The van der Waals surface area contributed by atoms with E-state index in [0.717, 1.165) is 16.7 Å². The molecule has 0 spiro atoms. The fraction of sp³-hybridized carbons (Fsp3) is 0.100. The van der Waals surface area contributed by atoms with Crippen molar-refractivity contribution >= 4 is 34.3 Å². The van der Waals surface area contributed by atoms with Crippen molar-refractivity contribution in [1.29, 1.82) is 0 Å². The minimum absolute atomic E-state index is 0.200. The average Bonchev–Trinajstić information content (AvgIpc) is 3.23. The maximum absolute atomic E-state index is 12.7. The van der Waals surface area contributed by atoms with E-state index in [0.29, 0.717) is 17.2 Å². The highest BCUT2D eigenvalue weighted by atomic mass is 16.5. The molecule has 0 fully saturated rings. The normalized spacial score (nSPS) is 10.8. The van der Waals surface area contributed by atoms with Gasteiger partial charge in [-0.05, 0) is 36.4 Å². The SMILES string of the molecule is CN(c1ccc(C(=O)Nc2ccon2)cc1)c1nc2ccccc2n(C)c1=O. The van der Waals surface area contributed by atoms with E-state index in [1.54, 1.807) is 53.9 Å². The van der Waals surface area contributed by atoms with Gasteiger partial charge in [0.15, 0.2) is 11.6 Å². The zero-order valence-corrected chi connectivity index (χ0v) is 15.3. The van der Waals surface area contributed by atoms with Gasteiger partial charge in [-0.2, -0.15) is 0 Å². The molecule has 0 atom stereocenters. The summed E-state index contributed by atoms with van der Waals surface area (Å²) in [6.07, 6.45) is 1.38. The van der Waals surface area contributed by atoms with Crippen molar-refractivity contribution in [1.82, 2.24) is 14.7 Å². The molecule has 8 nitrogen and oxygen atoms in total. The van der Waals surface area contributed by atoms with Crippen LogP contribution in [0.4, 0.5) is 17.3 Å². The van der Waals surface area contributed by atoms with E-state index >= 15 is 0 Å². The summed E-state index contributed by atoms with van der Waals surface area (Å²) >= 11 is 0. The topological polar surface area (TPSA) is 93.3 Å². The molecule has 8 heteroatoms. The van der Waals surface area contributed by atoms with Gasteiger partial charge in [0.2, 0.25) is 0 Å². The number of hydrogen-bond acceptors (Lipinski definition) is 6. The van der Waals surface area contributed by atoms with Gasteiger partial charge in [0, 0.05) is 31.4 Å². The van der Waals surface area contributed by atoms with E-state index in [1.807, 2.05) is 24.3 Å². The minimum Gasteiger partial charge on any atom is -0.363 e. The predicted molar refractivity (Wildman–Crippen MR) is 106 cm³/mol. The summed E-state index contributed by atoms with van der Waals surface area (Å²) < 4.78 is 6.27. The van der Waals surface area contributed by atoms with E-state index in [4.69, 9.17) is 4.52 Å². The Labute approximate surface area is 160 Å². The van der Waals surface area contributed by atoms with Crippen molar-refractivity contribution in [3.8, 4) is 0 Å². The summed E-state index contributed by atoms with van der Waals surface area (Å²) in [7, 11) is 3.49. The number of carbonyl (C=O) groups excluding carboxylic acids is 1. The number of hydrogen-bond donors (Lipinski definition) is 1. The van der Waals surface area contributed by atoms with Crippen LogP contribution in [0.2, 0.25) is 0 Å². The summed E-state index contributed by atoms with van der Waals surface area (Å²) in [5, 5.41) is 6.28. The molecule has 2 aromatic heterocycles. The average molecular weight is 375 g/mol. The molecule has 0 unspecified atom stereocenters. The van der Waals surface area contributed by atoms with Gasteiger partial charge in [0.25, 0.3) is 11.5 Å². The first kappa shape index (κ1) is 17.5. The van der Waals surface area contributed by atoms with Crippen LogP contribution in [-0.2, 0) is 7.05 Å². The van der Waals surface area contributed by atoms with Gasteiger partial charge < -0.3 is 19.3 Å². The maximum Gasteiger partial charge on any atom is 0.294 e. The Bertz CT molecular complexity index is 1200. The van der Waals surface area contributed by atoms with Crippen LogP contribution in [0.5, 0.6) is 0 Å². The Morgan fingerprint density at radius 1 is 1.11 bits per heavy atom. The van der Waals surface area contributed by atoms with Crippen molar-refractivity contribution < 1.29 is 9.32 Å². The van der Waals surface area contributed by atoms with Crippen LogP contribution in [0.3, 0.4) is 0 Å². The van der Waals surface area contributed by atoms with Gasteiger partial charge in [-0.15, -0.1) is 0 Å². The van der Waals surface area contributed by atoms with Gasteiger partial charge in [0.05, 0.1) is 11.0 Å². The lowest BCUT2D eigenvalue weighted by atomic mass is 10.2. The number of aryl methyl sites for hydroxylation is 1. The molecule has 1 amide bonds. The third kappa shape index (κ3) is 3.11. The fourth-order valence-electron chi connectivity index (χ4n) is 2.91. The van der Waals surface area contributed by atoms with E-state index < -0.39 is 0 Å². The number of rotatable bonds is 4. The first-order valence-electron chi connectivity index (χ1n) is 8.56. The fourth-order valence-corrected chi connectivity index (χ4v) is 2.91. The smallest absolute Gasteiger partial charge is 0.294 e. The van der Waals surface area contributed by atoms with Gasteiger partial charge in [0.1, 0.15) is 6.26 Å². The lowest BCUT2D eigenvalue weighted by Crippen LogP contribution is -2.27. The van der Waals surface area contributed by atoms with Gasteiger partial charge in [-0.3, -0.25) is 9.59 Å². The highest BCUT2D eigenvalue weighted by molar-refractivity contribution is 6.03. The molecule has 0 bridgehead atoms. The molecule has 2 heterocycles. The number of benzene rings is 2. The van der Waals surface area contributed by atoms with E-state index in [-0.39, 0.29) is 11.5 Å². The monoisotopic (exact) mass is 375 g/mol. The van der Waals surface area contributed by atoms with Gasteiger partial charge in [-0.1, -0.05) is 17.3 Å². The Morgan fingerprint density at radius 2 is 1.86 bits per heavy atom. The molecule has 2 aromatic carbocycles. The second-order valence-electron chi connectivity index (χ2n) is 6.23. The Morgan fingerprint density at radius 3 is 2.57 bits per heavy atom. The minimum atomic E-state index is -0.303. The summed E-state index contributed by atoms with van der Waals surface area (Å²) in [6, 6.07) is 15.9. The first-order chi connectivity index (χ1) is 13.5. The third-order valence-corrected chi connectivity index (χ3v) is 4.48. The number of nitrogens with zero attached hydrogens (tertiary/aromatic N) is 4. The number of fused-ring (bicyclic) bond motifs is 1. The van der Waals surface area contributed by atoms with Crippen LogP contribution in [0.1, 0.15) is 10.4 Å². The van der Waals surface area contributed by atoms with Crippen molar-refractivity contribution in [2.45, 2.75) is 0 Å². The predicted octanol–water partition coefficient (Wildman–Crippen LogP) is 2.94. The molecule has 0 aliphatic rings.